The molecule has 3 nitrogen and oxygen atoms in total. The van der Waals surface area contributed by atoms with Crippen molar-refractivity contribution in [3.05, 3.63) is 0 Å². The Hall–Kier alpha value is -0.120. The highest BCUT2D eigenvalue weighted by molar-refractivity contribution is 4.49. The van der Waals surface area contributed by atoms with Crippen LogP contribution in [0.3, 0.4) is 0 Å². The van der Waals surface area contributed by atoms with Gasteiger partial charge in [-0.2, -0.15) is 0 Å². The fraction of sp³-hybridized carbons (Fsp3) is 1.00. The van der Waals surface area contributed by atoms with Gasteiger partial charge in [-0.3, -0.25) is 0 Å². The van der Waals surface area contributed by atoms with Crippen molar-refractivity contribution in [3.8, 4) is 0 Å². The molecule has 10 heavy (non-hydrogen) atoms. The summed E-state index contributed by atoms with van der Waals surface area (Å²) < 4.78 is 0. The molecule has 0 amide bonds. The number of nitrogens with two attached hydrogens (primary N) is 2. The summed E-state index contributed by atoms with van der Waals surface area (Å²) >= 11 is 0. The lowest BCUT2D eigenvalue weighted by atomic mass is 10.4. The van der Waals surface area contributed by atoms with Gasteiger partial charge in [0.05, 0.1) is 0 Å². The quantitative estimate of drug-likeness (QED) is 0.432. The second-order valence-corrected chi connectivity index (χ2v) is 2.39. The third-order valence-corrected chi connectivity index (χ3v) is 1.37. The molecule has 0 aliphatic heterocycles. The molecule has 0 atom stereocenters. The molecule has 0 aromatic rings. The monoisotopic (exact) mass is 147 g/mol. The van der Waals surface area contributed by atoms with Crippen LogP contribution < -0.4 is 16.8 Å². The van der Waals surface area contributed by atoms with Crippen LogP contribution in [0.5, 0.6) is 0 Å². The van der Waals surface area contributed by atoms with Crippen molar-refractivity contribution in [2.45, 2.75) is 19.3 Å². The van der Waals surface area contributed by atoms with Gasteiger partial charge in [-0.1, -0.05) is 0 Å². The van der Waals surface area contributed by atoms with E-state index in [0.717, 1.165) is 39.0 Å². The van der Waals surface area contributed by atoms with Gasteiger partial charge >= 0.3 is 0 Å². The van der Waals surface area contributed by atoms with Gasteiger partial charge in [0.1, 0.15) is 0 Å². The highest BCUT2D eigenvalue weighted by Crippen LogP contribution is 1.81. The lowest BCUT2D eigenvalue weighted by molar-refractivity contribution is 0.611. The average Bonchev–Trinajstić information content (AvgIpc) is 1.97. The lowest BCUT2D eigenvalue weighted by Crippen LogP contribution is -2.19. The van der Waals surface area contributed by atoms with E-state index in [-0.39, 0.29) is 0 Å². The van der Waals surface area contributed by atoms with Crippen molar-refractivity contribution in [1.82, 2.24) is 5.32 Å². The van der Waals surface area contributed by atoms with Crippen LogP contribution in [0.1, 0.15) is 19.3 Å². The zero-order valence-corrected chi connectivity index (χ0v) is 6.60. The zero-order chi connectivity index (χ0) is 7.66. The summed E-state index contributed by atoms with van der Waals surface area (Å²) in [5, 5.41) is 3.29. The van der Waals surface area contributed by atoms with E-state index in [4.69, 9.17) is 11.5 Å². The smallest absolute Gasteiger partial charge is 0.00369 e. The van der Waals surface area contributed by atoms with E-state index in [1.54, 1.807) is 0 Å². The highest BCUT2D eigenvalue weighted by atomic mass is 15.2. The Morgan fingerprint density at radius 1 is 1.20 bits per heavy atom. The van der Waals surface area contributed by atoms with Crippen LogP contribution >= 0.6 is 0 Å². The molecule has 0 spiro atoms. The first-order valence-electron chi connectivity index (χ1n) is 4.02. The lowest BCUT2D eigenvalue weighted by Gasteiger charge is -2.01. The van der Waals surface area contributed by atoms with Crippen LogP contribution in [0.25, 0.3) is 0 Å². The minimum Gasteiger partial charge on any atom is -0.330 e. The predicted octanol–water partition coefficient (Wildman–Crippen LogP) is -0.336. The van der Waals surface area contributed by atoms with Crippen LogP contribution in [0.2, 0.25) is 0 Å². The summed E-state index contributed by atoms with van der Waals surface area (Å²) in [7, 11) is 0. The van der Waals surface area contributed by atoms with Gasteiger partial charge in [0, 0.05) is 0 Å². The third-order valence-electron chi connectivity index (χ3n) is 1.37. The molecule has 0 heterocycles. The van der Waals surface area contributed by atoms with Crippen LogP contribution in [0.4, 0.5) is 0 Å². The second-order valence-electron chi connectivity index (χ2n) is 2.39. The number of nitrogens with one attached hydrogen (secondary N) is 1. The van der Waals surface area contributed by atoms with Crippen molar-refractivity contribution in [3.63, 3.8) is 0 Å². The van der Waals surface area contributed by atoms with Crippen molar-refractivity contribution in [2.75, 3.05) is 26.2 Å². The van der Waals surface area contributed by atoms with Crippen molar-refractivity contribution in [2.24, 2.45) is 11.5 Å². The average molecular weight is 147 g/mol. The van der Waals surface area contributed by atoms with E-state index in [1.165, 1.54) is 6.42 Å². The molecule has 0 saturated heterocycles. The van der Waals surface area contributed by atoms with Crippen molar-refractivity contribution < 1.29 is 0 Å². The SMILES string of the molecule is NCCCNCCC[14CH2]N. The van der Waals surface area contributed by atoms with Crippen molar-refractivity contribution >= 4 is 0 Å². The van der Waals surface area contributed by atoms with Crippen LogP contribution in [0.15, 0.2) is 0 Å². The largest absolute Gasteiger partial charge is 0.330 e. The van der Waals surface area contributed by atoms with Gasteiger partial charge in [-0.05, 0) is 45.4 Å². The number of hydrogen-bond donors (Lipinski definition) is 3. The molecule has 62 valence electrons. The summed E-state index contributed by atoms with van der Waals surface area (Å²) in [5.74, 6) is 0. The predicted molar refractivity (Wildman–Crippen MR) is 44.8 cm³/mol. The molecule has 0 saturated carbocycles. The number of rotatable bonds is 7. The van der Waals surface area contributed by atoms with Crippen LogP contribution in [0, 0.1) is 0 Å². The molecule has 0 rings (SSSR count). The fourth-order valence-corrected chi connectivity index (χ4v) is 0.746. The summed E-state index contributed by atoms with van der Waals surface area (Å²) in [6, 6.07) is 0. The molecule has 5 N–H and O–H groups in total. The number of unbranched alkanes of at least 4 members (excludes halogenated alkanes) is 1. The van der Waals surface area contributed by atoms with Gasteiger partial charge in [-0.25, -0.2) is 0 Å². The molecule has 0 fully saturated rings. The standard InChI is InChI=1S/C7H19N3/c8-4-1-2-6-10-7-3-5-9/h10H,1-9H2/i4+2. The van der Waals surface area contributed by atoms with Gasteiger partial charge < -0.3 is 16.8 Å². The summed E-state index contributed by atoms with van der Waals surface area (Å²) in [5.41, 5.74) is 10.6. The first-order chi connectivity index (χ1) is 4.91. The second kappa shape index (κ2) is 8.88. The maximum Gasteiger partial charge on any atom is -0.00369 e. The summed E-state index contributed by atoms with van der Waals surface area (Å²) in [6.45, 7) is 3.71. The van der Waals surface area contributed by atoms with Crippen LogP contribution in [-0.4, -0.2) is 26.2 Å². The maximum absolute atomic E-state index is 5.32. The molecular weight excluding hydrogens is 128 g/mol. The first kappa shape index (κ1) is 9.88. The molecule has 0 aliphatic carbocycles. The minimum absolute atomic E-state index is 0.782. The third kappa shape index (κ3) is 7.88. The Morgan fingerprint density at radius 3 is 2.50 bits per heavy atom. The Balaban J connectivity index is 2.65. The Morgan fingerprint density at radius 2 is 1.90 bits per heavy atom. The molecule has 0 aliphatic rings. The zero-order valence-electron chi connectivity index (χ0n) is 6.60. The molecule has 3 heteroatoms. The van der Waals surface area contributed by atoms with Gasteiger partial charge in [0.15, 0.2) is 0 Å². The molecule has 0 aromatic carbocycles. The van der Waals surface area contributed by atoms with Crippen molar-refractivity contribution in [1.29, 1.82) is 0 Å². The Kier molecular flexibility index (Phi) is 8.77. The van der Waals surface area contributed by atoms with E-state index in [2.05, 4.69) is 5.32 Å². The van der Waals surface area contributed by atoms with E-state index in [9.17, 15) is 0 Å². The topological polar surface area (TPSA) is 64.1 Å². The molecule has 0 bridgehead atoms. The first-order valence-corrected chi connectivity index (χ1v) is 4.02. The van der Waals surface area contributed by atoms with E-state index >= 15 is 0 Å². The van der Waals surface area contributed by atoms with E-state index < -0.39 is 0 Å². The molecule has 0 unspecified atom stereocenters. The molecule has 0 aromatic heterocycles. The fourth-order valence-electron chi connectivity index (χ4n) is 0.746. The minimum atomic E-state index is 0.782. The summed E-state index contributed by atoms with van der Waals surface area (Å²) in [4.78, 5) is 0. The highest BCUT2D eigenvalue weighted by Gasteiger charge is 1.85. The molecule has 0 radical (unpaired) electrons. The van der Waals surface area contributed by atoms with E-state index in [0.29, 0.717) is 0 Å². The van der Waals surface area contributed by atoms with Crippen LogP contribution in [-0.2, 0) is 0 Å². The summed E-state index contributed by atoms with van der Waals surface area (Å²) in [6.07, 6.45) is 3.37. The maximum atomic E-state index is 5.32. The Bertz CT molecular complexity index is 48.8. The Labute approximate surface area is 63.2 Å². The van der Waals surface area contributed by atoms with Gasteiger partial charge in [0.2, 0.25) is 0 Å². The van der Waals surface area contributed by atoms with Gasteiger partial charge in [0.25, 0.3) is 0 Å². The van der Waals surface area contributed by atoms with Gasteiger partial charge in [-0.15, -0.1) is 0 Å². The van der Waals surface area contributed by atoms with E-state index in [1.807, 2.05) is 0 Å². The molecular formula is C7H19N3. The number of hydrogen-bond acceptors (Lipinski definition) is 3. The normalized spacial score (nSPS) is 10.2.